The topological polar surface area (TPSA) is 120 Å². The van der Waals surface area contributed by atoms with E-state index in [1.165, 1.54) is 41.7 Å². The quantitative estimate of drug-likeness (QED) is 0.291. The standard InChI is InChI=1S/C28H25F4N5O5/c1-36-6-7-37(26(36)35-27(39)40)15-17-10-23(21-5-4-18(29)12-22(21)28(30,31)32)34-24(11-17)25(38)33-14-16-8-19(41-2)13-20(9-16)42-3/h4-13H,14-15H2,1-3H3,(H,33,38)(H,39,40). The van der Waals surface area contributed by atoms with Crippen LogP contribution < -0.4 is 20.4 Å². The maximum Gasteiger partial charge on any atom is 0.434 e. The Morgan fingerprint density at radius 2 is 1.69 bits per heavy atom. The van der Waals surface area contributed by atoms with Crippen molar-refractivity contribution in [3.8, 4) is 22.8 Å². The number of imidazole rings is 1. The lowest BCUT2D eigenvalue weighted by molar-refractivity contribution is -0.137. The number of carbonyl (C=O) groups excluding carboxylic acids is 1. The molecule has 10 nitrogen and oxygen atoms in total. The molecule has 0 spiro atoms. The summed E-state index contributed by atoms with van der Waals surface area (Å²) < 4.78 is 68.8. The van der Waals surface area contributed by atoms with Crippen molar-refractivity contribution in [1.29, 1.82) is 0 Å². The average Bonchev–Trinajstić information content (AvgIpc) is 3.28. The van der Waals surface area contributed by atoms with Crippen molar-refractivity contribution in [3.05, 3.63) is 94.7 Å². The number of carbonyl (C=O) groups is 2. The third-order valence-electron chi connectivity index (χ3n) is 6.14. The van der Waals surface area contributed by atoms with E-state index in [4.69, 9.17) is 14.6 Å². The number of alkyl halides is 3. The van der Waals surface area contributed by atoms with E-state index in [-0.39, 0.29) is 30.1 Å². The summed E-state index contributed by atoms with van der Waals surface area (Å²) in [5.41, 5.74) is -1.19. The number of nitrogens with one attached hydrogen (secondary N) is 1. The predicted octanol–water partition coefficient (Wildman–Crippen LogP) is 4.62. The molecule has 2 N–H and O–H groups in total. The van der Waals surface area contributed by atoms with Crippen molar-refractivity contribution in [1.82, 2.24) is 19.4 Å². The van der Waals surface area contributed by atoms with Gasteiger partial charge in [0, 0.05) is 37.6 Å². The minimum absolute atomic E-state index is 0.00700. The second-order valence-electron chi connectivity index (χ2n) is 9.07. The fourth-order valence-electron chi connectivity index (χ4n) is 4.21. The number of halogens is 4. The van der Waals surface area contributed by atoms with Crippen LogP contribution in [-0.2, 0) is 26.3 Å². The van der Waals surface area contributed by atoms with Gasteiger partial charge in [-0.2, -0.15) is 13.2 Å². The SMILES string of the molecule is COc1cc(CNC(=O)c2cc(Cn3ccn(C)c3=NC(=O)O)cc(-c3ccc(F)cc3C(F)(F)F)n2)cc(OC)c1. The van der Waals surface area contributed by atoms with Crippen molar-refractivity contribution in [3.63, 3.8) is 0 Å². The number of hydrogen-bond donors (Lipinski definition) is 2. The zero-order chi connectivity index (χ0) is 30.6. The van der Waals surface area contributed by atoms with Crippen LogP contribution in [0, 0.1) is 5.82 Å². The minimum atomic E-state index is -4.91. The molecular weight excluding hydrogens is 562 g/mol. The van der Waals surface area contributed by atoms with E-state index >= 15 is 0 Å². The van der Waals surface area contributed by atoms with Gasteiger partial charge in [-0.05, 0) is 53.6 Å². The monoisotopic (exact) mass is 587 g/mol. The summed E-state index contributed by atoms with van der Waals surface area (Å²) >= 11 is 0. The van der Waals surface area contributed by atoms with Gasteiger partial charge in [0.05, 0.1) is 32.0 Å². The van der Waals surface area contributed by atoms with E-state index in [1.807, 2.05) is 0 Å². The number of pyridine rings is 1. The van der Waals surface area contributed by atoms with Crippen LogP contribution in [0.25, 0.3) is 11.3 Å². The van der Waals surface area contributed by atoms with Crippen LogP contribution in [0.5, 0.6) is 11.5 Å². The number of aromatic nitrogens is 3. The second kappa shape index (κ2) is 12.2. The molecule has 0 saturated heterocycles. The summed E-state index contributed by atoms with van der Waals surface area (Å²) in [7, 11) is 4.51. The third kappa shape index (κ3) is 6.95. The van der Waals surface area contributed by atoms with Crippen LogP contribution in [0.15, 0.2) is 65.9 Å². The van der Waals surface area contributed by atoms with Gasteiger partial charge in [-0.15, -0.1) is 4.99 Å². The van der Waals surface area contributed by atoms with E-state index in [0.717, 1.165) is 12.1 Å². The molecule has 0 unspecified atom stereocenters. The van der Waals surface area contributed by atoms with Gasteiger partial charge in [-0.3, -0.25) is 4.79 Å². The van der Waals surface area contributed by atoms with Gasteiger partial charge < -0.3 is 29.0 Å². The number of ether oxygens (including phenoxy) is 2. The van der Waals surface area contributed by atoms with Gasteiger partial charge in [0.2, 0.25) is 5.62 Å². The minimum Gasteiger partial charge on any atom is -0.497 e. The molecule has 220 valence electrons. The summed E-state index contributed by atoms with van der Waals surface area (Å²) in [6.45, 7) is -0.0640. The smallest absolute Gasteiger partial charge is 0.434 e. The molecule has 0 aliphatic rings. The zero-order valence-corrected chi connectivity index (χ0v) is 22.6. The molecule has 2 aromatic carbocycles. The normalized spacial score (nSPS) is 11.8. The van der Waals surface area contributed by atoms with Crippen LogP contribution in [0.3, 0.4) is 0 Å². The summed E-state index contributed by atoms with van der Waals surface area (Å²) in [6.07, 6.45) is -3.29. The van der Waals surface area contributed by atoms with Gasteiger partial charge >= 0.3 is 12.3 Å². The number of nitrogens with zero attached hydrogens (tertiary/aromatic N) is 4. The van der Waals surface area contributed by atoms with Gasteiger partial charge in [0.1, 0.15) is 23.0 Å². The van der Waals surface area contributed by atoms with Crippen molar-refractivity contribution in [2.24, 2.45) is 12.0 Å². The number of carboxylic acid groups (broad SMARTS) is 1. The molecule has 14 heteroatoms. The summed E-state index contributed by atoms with van der Waals surface area (Å²) in [5.74, 6) is -0.823. The molecule has 4 aromatic rings. The number of amides is 2. The fraction of sp³-hybridized carbons (Fsp3) is 0.214. The lowest BCUT2D eigenvalue weighted by Gasteiger charge is -2.15. The highest BCUT2D eigenvalue weighted by Gasteiger charge is 2.34. The first kappa shape index (κ1) is 29.8. The van der Waals surface area contributed by atoms with Crippen LogP contribution in [0.2, 0.25) is 0 Å². The van der Waals surface area contributed by atoms with Gasteiger partial charge in [0.25, 0.3) is 5.91 Å². The lowest BCUT2D eigenvalue weighted by Crippen LogP contribution is -2.27. The molecule has 2 aromatic heterocycles. The highest BCUT2D eigenvalue weighted by Crippen LogP contribution is 2.37. The van der Waals surface area contributed by atoms with E-state index in [9.17, 15) is 27.2 Å². The predicted molar refractivity (Wildman–Crippen MR) is 141 cm³/mol. The maximum absolute atomic E-state index is 13.9. The van der Waals surface area contributed by atoms with E-state index in [2.05, 4.69) is 15.3 Å². The van der Waals surface area contributed by atoms with Gasteiger partial charge in [0.15, 0.2) is 0 Å². The highest BCUT2D eigenvalue weighted by atomic mass is 19.4. The van der Waals surface area contributed by atoms with E-state index in [1.54, 1.807) is 31.4 Å². The first-order valence-corrected chi connectivity index (χ1v) is 12.3. The Morgan fingerprint density at radius 3 is 2.31 bits per heavy atom. The Labute approximate surface area is 236 Å². The summed E-state index contributed by atoms with van der Waals surface area (Å²) in [6, 6.07) is 9.84. The molecule has 0 saturated carbocycles. The second-order valence-corrected chi connectivity index (χ2v) is 9.07. The average molecular weight is 588 g/mol. The zero-order valence-electron chi connectivity index (χ0n) is 22.6. The van der Waals surface area contributed by atoms with Crippen molar-refractivity contribution in [2.45, 2.75) is 19.3 Å². The first-order valence-electron chi connectivity index (χ1n) is 12.3. The molecule has 42 heavy (non-hydrogen) atoms. The maximum atomic E-state index is 13.9. The Morgan fingerprint density at radius 1 is 1.00 bits per heavy atom. The molecule has 0 fully saturated rings. The highest BCUT2D eigenvalue weighted by molar-refractivity contribution is 5.93. The molecule has 2 heterocycles. The molecule has 0 bridgehead atoms. The Bertz CT molecular complexity index is 1690. The molecule has 0 aliphatic heterocycles. The third-order valence-corrected chi connectivity index (χ3v) is 6.14. The Hall–Kier alpha value is -5.14. The number of methoxy groups -OCH3 is 2. The first-order chi connectivity index (χ1) is 19.9. The number of hydrogen-bond acceptors (Lipinski definition) is 5. The van der Waals surface area contributed by atoms with Gasteiger partial charge in [-0.25, -0.2) is 14.2 Å². The van der Waals surface area contributed by atoms with Crippen molar-refractivity contribution in [2.75, 3.05) is 14.2 Å². The van der Waals surface area contributed by atoms with Crippen LogP contribution in [0.4, 0.5) is 22.4 Å². The molecule has 0 atom stereocenters. The molecular formula is C28H25F4N5O5. The molecule has 0 aliphatic carbocycles. The van der Waals surface area contributed by atoms with E-state index in [0.29, 0.717) is 28.7 Å². The summed E-state index contributed by atoms with van der Waals surface area (Å²) in [5, 5.41) is 11.8. The lowest BCUT2D eigenvalue weighted by atomic mass is 10.0. The largest absolute Gasteiger partial charge is 0.497 e. The molecule has 4 rings (SSSR count). The fourth-order valence-corrected chi connectivity index (χ4v) is 4.21. The summed E-state index contributed by atoms with van der Waals surface area (Å²) in [4.78, 5) is 32.2. The van der Waals surface area contributed by atoms with Gasteiger partial charge in [-0.1, -0.05) is 0 Å². The Kier molecular flexibility index (Phi) is 8.64. The molecule has 2 amide bonds. The van der Waals surface area contributed by atoms with Crippen LogP contribution in [-0.4, -0.2) is 45.4 Å². The van der Waals surface area contributed by atoms with Crippen molar-refractivity contribution < 1.29 is 41.7 Å². The molecule has 0 radical (unpaired) electrons. The number of rotatable bonds is 8. The Balaban J connectivity index is 1.78. The number of benzene rings is 2. The van der Waals surface area contributed by atoms with Crippen molar-refractivity contribution >= 4 is 12.0 Å². The number of aryl methyl sites for hydroxylation is 1. The van der Waals surface area contributed by atoms with Crippen LogP contribution in [0.1, 0.15) is 27.2 Å². The van der Waals surface area contributed by atoms with Crippen LogP contribution >= 0.6 is 0 Å². The van der Waals surface area contributed by atoms with E-state index < -0.39 is 35.1 Å².